The van der Waals surface area contributed by atoms with Crippen LogP contribution in [0, 0.1) is 17.1 Å². The van der Waals surface area contributed by atoms with Gasteiger partial charge in [0.25, 0.3) is 11.1 Å². The molecule has 0 atom stereocenters. The predicted octanol–water partition coefficient (Wildman–Crippen LogP) is 3.33. The lowest BCUT2D eigenvalue weighted by Gasteiger charge is -2.16. The third-order valence-corrected chi connectivity index (χ3v) is 6.55. The lowest BCUT2D eigenvalue weighted by molar-refractivity contribution is -0.123. The highest BCUT2D eigenvalue weighted by molar-refractivity contribution is 8.18. The number of nitriles is 1. The van der Waals surface area contributed by atoms with Crippen molar-refractivity contribution < 1.29 is 26.8 Å². The van der Waals surface area contributed by atoms with Gasteiger partial charge in [-0.15, -0.1) is 0 Å². The monoisotopic (exact) mass is 463 g/mol. The number of benzene rings is 1. The average molecular weight is 464 g/mol. The molecular weight excluding hydrogens is 445 g/mol. The van der Waals surface area contributed by atoms with Gasteiger partial charge in [-0.25, -0.2) is 12.8 Å². The molecule has 8 nitrogen and oxygen atoms in total. The lowest BCUT2D eigenvalue weighted by atomic mass is 10.2. The SMILES string of the molecule is CS(=O)(=O)N(CCC#N)Cc1ccc(/C=C2\SC(=O)N(Cc3ccccc3F)C2=O)o1. The zero-order chi connectivity index (χ0) is 22.6. The van der Waals surface area contributed by atoms with Crippen molar-refractivity contribution in [2.75, 3.05) is 12.8 Å². The molecule has 162 valence electrons. The fraction of sp³-hybridized carbons (Fsp3) is 0.250. The number of thioether (sulfide) groups is 1. The molecule has 31 heavy (non-hydrogen) atoms. The number of nitrogens with zero attached hydrogens (tertiary/aromatic N) is 3. The Hall–Kier alpha value is -2.94. The highest BCUT2D eigenvalue weighted by atomic mass is 32.2. The maximum atomic E-state index is 13.9. The normalized spacial score (nSPS) is 15.8. The highest BCUT2D eigenvalue weighted by Gasteiger charge is 2.35. The number of amides is 2. The number of sulfonamides is 1. The average Bonchev–Trinajstić information content (AvgIpc) is 3.25. The molecule has 0 N–H and O–H groups in total. The van der Waals surface area contributed by atoms with E-state index in [0.29, 0.717) is 17.5 Å². The van der Waals surface area contributed by atoms with E-state index in [-0.39, 0.29) is 42.3 Å². The van der Waals surface area contributed by atoms with E-state index in [0.717, 1.165) is 15.5 Å². The molecule has 3 rings (SSSR count). The van der Waals surface area contributed by atoms with Gasteiger partial charge in [0.05, 0.1) is 30.3 Å². The molecular formula is C20H18FN3O5S2. The van der Waals surface area contributed by atoms with Crippen LogP contribution < -0.4 is 0 Å². The van der Waals surface area contributed by atoms with Crippen LogP contribution >= 0.6 is 11.8 Å². The first-order valence-corrected chi connectivity index (χ1v) is 11.7. The van der Waals surface area contributed by atoms with Crippen LogP contribution in [0.3, 0.4) is 0 Å². The minimum Gasteiger partial charge on any atom is -0.460 e. The van der Waals surface area contributed by atoms with Crippen LogP contribution in [-0.2, 0) is 27.9 Å². The first-order chi connectivity index (χ1) is 14.7. The minimum absolute atomic E-state index is 0.0281. The van der Waals surface area contributed by atoms with Crippen LogP contribution in [0.4, 0.5) is 9.18 Å². The molecule has 1 saturated heterocycles. The zero-order valence-electron chi connectivity index (χ0n) is 16.4. The Kier molecular flexibility index (Phi) is 6.94. The fourth-order valence-electron chi connectivity index (χ4n) is 2.83. The molecule has 1 aliphatic heterocycles. The van der Waals surface area contributed by atoms with Crippen LogP contribution in [0.2, 0.25) is 0 Å². The molecule has 2 amide bonds. The molecule has 0 spiro atoms. The largest absolute Gasteiger partial charge is 0.460 e. The fourth-order valence-corrected chi connectivity index (χ4v) is 4.43. The summed E-state index contributed by atoms with van der Waals surface area (Å²) in [5.74, 6) is -0.489. The third kappa shape index (κ3) is 5.61. The van der Waals surface area contributed by atoms with Crippen molar-refractivity contribution in [1.82, 2.24) is 9.21 Å². The van der Waals surface area contributed by atoms with E-state index in [1.54, 1.807) is 18.2 Å². The smallest absolute Gasteiger partial charge is 0.293 e. The van der Waals surface area contributed by atoms with Crippen molar-refractivity contribution in [3.8, 4) is 6.07 Å². The van der Waals surface area contributed by atoms with Gasteiger partial charge in [0.1, 0.15) is 17.3 Å². The molecule has 0 aliphatic carbocycles. The number of imide groups is 1. The summed E-state index contributed by atoms with van der Waals surface area (Å²) in [6.45, 7) is -0.219. The zero-order valence-corrected chi connectivity index (χ0v) is 18.1. The van der Waals surface area contributed by atoms with Crippen molar-refractivity contribution in [1.29, 1.82) is 5.26 Å². The molecule has 0 saturated carbocycles. The Morgan fingerprint density at radius 3 is 2.68 bits per heavy atom. The summed E-state index contributed by atoms with van der Waals surface area (Å²) >= 11 is 0.714. The van der Waals surface area contributed by atoms with Gasteiger partial charge in [0, 0.05) is 24.6 Å². The van der Waals surface area contributed by atoms with Gasteiger partial charge in [-0.2, -0.15) is 9.57 Å². The van der Waals surface area contributed by atoms with Crippen LogP contribution in [0.1, 0.15) is 23.5 Å². The van der Waals surface area contributed by atoms with E-state index < -0.39 is 27.0 Å². The molecule has 0 radical (unpaired) electrons. The molecule has 0 unspecified atom stereocenters. The van der Waals surface area contributed by atoms with Crippen molar-refractivity contribution in [2.24, 2.45) is 0 Å². The van der Waals surface area contributed by atoms with Gasteiger partial charge in [-0.05, 0) is 30.0 Å². The quantitative estimate of drug-likeness (QED) is 0.552. The van der Waals surface area contributed by atoms with E-state index in [2.05, 4.69) is 0 Å². The Morgan fingerprint density at radius 2 is 2.00 bits per heavy atom. The van der Waals surface area contributed by atoms with Crippen molar-refractivity contribution in [3.63, 3.8) is 0 Å². The summed E-state index contributed by atoms with van der Waals surface area (Å²) in [6, 6.07) is 10.9. The molecule has 2 aromatic rings. The second kappa shape index (κ2) is 9.47. The van der Waals surface area contributed by atoms with Gasteiger partial charge in [0.15, 0.2) is 0 Å². The molecule has 1 fully saturated rings. The Bertz CT molecular complexity index is 1180. The van der Waals surface area contributed by atoms with E-state index in [9.17, 15) is 22.4 Å². The van der Waals surface area contributed by atoms with Gasteiger partial charge in [-0.1, -0.05) is 18.2 Å². The van der Waals surface area contributed by atoms with Crippen molar-refractivity contribution in [2.45, 2.75) is 19.5 Å². The number of rotatable bonds is 8. The number of carbonyl (C=O) groups excluding carboxylic acids is 2. The Balaban J connectivity index is 1.73. The van der Waals surface area contributed by atoms with Gasteiger partial charge in [0.2, 0.25) is 10.0 Å². The van der Waals surface area contributed by atoms with E-state index in [1.165, 1.54) is 24.3 Å². The van der Waals surface area contributed by atoms with E-state index in [1.807, 2.05) is 6.07 Å². The number of carbonyl (C=O) groups is 2. The van der Waals surface area contributed by atoms with Crippen LogP contribution in [0.25, 0.3) is 6.08 Å². The van der Waals surface area contributed by atoms with Gasteiger partial charge >= 0.3 is 0 Å². The Labute approximate surface area is 183 Å². The number of halogens is 1. The molecule has 1 aliphatic rings. The highest BCUT2D eigenvalue weighted by Crippen LogP contribution is 2.33. The third-order valence-electron chi connectivity index (χ3n) is 4.39. The minimum atomic E-state index is -3.54. The summed E-state index contributed by atoms with van der Waals surface area (Å²) in [6.07, 6.45) is 2.46. The number of hydrogen-bond acceptors (Lipinski definition) is 7. The van der Waals surface area contributed by atoms with E-state index >= 15 is 0 Å². The van der Waals surface area contributed by atoms with Crippen LogP contribution in [-0.4, -0.2) is 41.6 Å². The second-order valence-corrected chi connectivity index (χ2v) is 9.64. The first-order valence-electron chi connectivity index (χ1n) is 9.08. The summed E-state index contributed by atoms with van der Waals surface area (Å²) in [5, 5.41) is 8.17. The Morgan fingerprint density at radius 1 is 1.26 bits per heavy atom. The van der Waals surface area contributed by atoms with E-state index in [4.69, 9.17) is 9.68 Å². The standard InChI is InChI=1S/C20H18FN3O5S2/c1-31(27,28)23(10-4-9-22)13-16-8-7-15(29-16)11-18-19(25)24(20(26)30-18)12-14-5-2-3-6-17(14)21/h2-3,5-8,11H,4,10,12-13H2,1H3/b18-11-. The van der Waals surface area contributed by atoms with Gasteiger partial charge < -0.3 is 4.42 Å². The summed E-state index contributed by atoms with van der Waals surface area (Å²) < 4.78 is 44.3. The molecule has 11 heteroatoms. The van der Waals surface area contributed by atoms with Crippen molar-refractivity contribution >= 4 is 39.0 Å². The maximum Gasteiger partial charge on any atom is 0.293 e. The van der Waals surface area contributed by atoms with Crippen molar-refractivity contribution in [3.05, 3.63) is 64.2 Å². The topological polar surface area (TPSA) is 112 Å². The molecule has 0 bridgehead atoms. The van der Waals surface area contributed by atoms with Crippen LogP contribution in [0.5, 0.6) is 0 Å². The van der Waals surface area contributed by atoms with Crippen LogP contribution in [0.15, 0.2) is 45.7 Å². The first kappa shape index (κ1) is 22.7. The lowest BCUT2D eigenvalue weighted by Crippen LogP contribution is -2.30. The summed E-state index contributed by atoms with van der Waals surface area (Å²) in [7, 11) is -3.54. The molecule has 1 aromatic heterocycles. The predicted molar refractivity (Wildman–Crippen MR) is 112 cm³/mol. The second-order valence-electron chi connectivity index (χ2n) is 6.67. The van der Waals surface area contributed by atoms with Gasteiger partial charge in [-0.3, -0.25) is 14.5 Å². The number of hydrogen-bond donors (Lipinski definition) is 0. The summed E-state index contributed by atoms with van der Waals surface area (Å²) in [5.41, 5.74) is 0.226. The number of furan rings is 1. The maximum absolute atomic E-state index is 13.9. The summed E-state index contributed by atoms with van der Waals surface area (Å²) in [4.78, 5) is 25.9. The molecule has 1 aromatic carbocycles. The molecule has 2 heterocycles.